The second-order valence-electron chi connectivity index (χ2n) is 5.52. The third-order valence-corrected chi connectivity index (χ3v) is 3.88. The second-order valence-corrected chi connectivity index (χ2v) is 5.52. The van der Waals surface area contributed by atoms with Crippen molar-refractivity contribution >= 4 is 5.91 Å². The molecule has 2 atom stereocenters. The summed E-state index contributed by atoms with van der Waals surface area (Å²) in [5, 5.41) is 3.14. The molecular formula is C15H23N3O. The van der Waals surface area contributed by atoms with Crippen LogP contribution in [0.3, 0.4) is 0 Å². The number of hydrogen-bond acceptors (Lipinski definition) is 3. The molecule has 0 bridgehead atoms. The summed E-state index contributed by atoms with van der Waals surface area (Å²) in [4.78, 5) is 16.3. The van der Waals surface area contributed by atoms with E-state index in [4.69, 9.17) is 5.73 Å². The lowest BCUT2D eigenvalue weighted by Gasteiger charge is -2.16. The minimum absolute atomic E-state index is 0.00310. The molecule has 3 N–H and O–H groups in total. The molecule has 4 heteroatoms. The van der Waals surface area contributed by atoms with Crippen LogP contribution in [0.15, 0.2) is 18.3 Å². The van der Waals surface area contributed by atoms with Crippen LogP contribution in [-0.4, -0.2) is 16.9 Å². The first kappa shape index (κ1) is 14.0. The Morgan fingerprint density at radius 1 is 1.42 bits per heavy atom. The van der Waals surface area contributed by atoms with Crippen molar-refractivity contribution in [1.29, 1.82) is 0 Å². The third-order valence-electron chi connectivity index (χ3n) is 3.88. The minimum atomic E-state index is -0.00310. The molecule has 1 fully saturated rings. The fraction of sp³-hybridized carbons (Fsp3) is 0.600. The fourth-order valence-electron chi connectivity index (χ4n) is 2.63. The molecule has 1 aromatic heterocycles. The SMILES string of the molecule is CC1CCCC(NC(=O)c2ccnc(CN)c2)CC1. The highest BCUT2D eigenvalue weighted by atomic mass is 16.1. The zero-order chi connectivity index (χ0) is 13.7. The van der Waals surface area contributed by atoms with Crippen LogP contribution in [0.25, 0.3) is 0 Å². The summed E-state index contributed by atoms with van der Waals surface area (Å²) < 4.78 is 0. The Balaban J connectivity index is 1.96. The van der Waals surface area contributed by atoms with Crippen LogP contribution < -0.4 is 11.1 Å². The Kier molecular flexibility index (Phi) is 4.91. The van der Waals surface area contributed by atoms with E-state index in [1.165, 1.54) is 19.3 Å². The number of amides is 1. The molecule has 104 valence electrons. The molecule has 1 saturated carbocycles. The Morgan fingerprint density at radius 2 is 2.26 bits per heavy atom. The van der Waals surface area contributed by atoms with Crippen molar-refractivity contribution in [2.45, 2.75) is 51.6 Å². The lowest BCUT2D eigenvalue weighted by Crippen LogP contribution is -2.34. The van der Waals surface area contributed by atoms with E-state index in [9.17, 15) is 4.79 Å². The zero-order valence-electron chi connectivity index (χ0n) is 11.6. The highest BCUT2D eigenvalue weighted by Crippen LogP contribution is 2.22. The van der Waals surface area contributed by atoms with E-state index in [1.807, 2.05) is 0 Å². The predicted molar refractivity (Wildman–Crippen MR) is 75.6 cm³/mol. The molecule has 1 aliphatic rings. The van der Waals surface area contributed by atoms with Gasteiger partial charge in [0.25, 0.3) is 5.91 Å². The molecule has 0 aliphatic heterocycles. The summed E-state index contributed by atoms with van der Waals surface area (Å²) in [5.74, 6) is 0.781. The number of hydrogen-bond donors (Lipinski definition) is 2. The molecule has 1 aliphatic carbocycles. The predicted octanol–water partition coefficient (Wildman–Crippen LogP) is 2.24. The zero-order valence-corrected chi connectivity index (χ0v) is 11.6. The quantitative estimate of drug-likeness (QED) is 0.820. The fourth-order valence-corrected chi connectivity index (χ4v) is 2.63. The number of nitrogens with one attached hydrogen (secondary N) is 1. The van der Waals surface area contributed by atoms with E-state index in [0.29, 0.717) is 18.2 Å². The van der Waals surface area contributed by atoms with Gasteiger partial charge in [0.15, 0.2) is 0 Å². The number of nitrogens with two attached hydrogens (primary N) is 1. The molecule has 4 nitrogen and oxygen atoms in total. The molecule has 2 rings (SSSR count). The highest BCUT2D eigenvalue weighted by Gasteiger charge is 2.18. The van der Waals surface area contributed by atoms with Crippen LogP contribution >= 0.6 is 0 Å². The van der Waals surface area contributed by atoms with Gasteiger partial charge in [-0.1, -0.05) is 19.8 Å². The minimum Gasteiger partial charge on any atom is -0.349 e. The molecule has 1 heterocycles. The van der Waals surface area contributed by atoms with Gasteiger partial charge in [0, 0.05) is 24.3 Å². The van der Waals surface area contributed by atoms with E-state index in [-0.39, 0.29) is 5.91 Å². The normalized spacial score (nSPS) is 23.7. The van der Waals surface area contributed by atoms with Crippen LogP contribution in [0.5, 0.6) is 0 Å². The van der Waals surface area contributed by atoms with Crippen molar-refractivity contribution in [3.8, 4) is 0 Å². The summed E-state index contributed by atoms with van der Waals surface area (Å²) in [6.45, 7) is 2.66. The van der Waals surface area contributed by atoms with Crippen LogP contribution in [0.2, 0.25) is 0 Å². The number of rotatable bonds is 3. The molecule has 1 aromatic rings. The summed E-state index contributed by atoms with van der Waals surface area (Å²) >= 11 is 0. The van der Waals surface area contributed by atoms with Crippen molar-refractivity contribution in [2.75, 3.05) is 0 Å². The average molecular weight is 261 g/mol. The van der Waals surface area contributed by atoms with E-state index in [1.54, 1.807) is 18.3 Å². The number of pyridine rings is 1. The molecule has 19 heavy (non-hydrogen) atoms. The van der Waals surface area contributed by atoms with Crippen molar-refractivity contribution < 1.29 is 4.79 Å². The largest absolute Gasteiger partial charge is 0.349 e. The number of aromatic nitrogens is 1. The van der Waals surface area contributed by atoms with Gasteiger partial charge >= 0.3 is 0 Å². The Bertz CT molecular complexity index is 433. The summed E-state index contributed by atoms with van der Waals surface area (Å²) in [6, 6.07) is 3.83. The first-order valence-electron chi connectivity index (χ1n) is 7.15. The van der Waals surface area contributed by atoms with E-state index in [2.05, 4.69) is 17.2 Å². The number of carbonyl (C=O) groups is 1. The van der Waals surface area contributed by atoms with E-state index < -0.39 is 0 Å². The Hall–Kier alpha value is -1.42. The molecule has 0 aromatic carbocycles. The van der Waals surface area contributed by atoms with Crippen LogP contribution in [0.4, 0.5) is 0 Å². The first-order chi connectivity index (χ1) is 9.19. The van der Waals surface area contributed by atoms with Crippen LogP contribution in [0.1, 0.15) is 55.1 Å². The smallest absolute Gasteiger partial charge is 0.251 e. The topological polar surface area (TPSA) is 68.0 Å². The van der Waals surface area contributed by atoms with Gasteiger partial charge < -0.3 is 11.1 Å². The third kappa shape index (κ3) is 4.03. The average Bonchev–Trinajstić information content (AvgIpc) is 2.64. The molecule has 1 amide bonds. The van der Waals surface area contributed by atoms with Crippen LogP contribution in [-0.2, 0) is 6.54 Å². The molecule has 2 unspecified atom stereocenters. The van der Waals surface area contributed by atoms with Gasteiger partial charge in [0.05, 0.1) is 5.69 Å². The van der Waals surface area contributed by atoms with Gasteiger partial charge in [-0.25, -0.2) is 0 Å². The summed E-state index contributed by atoms with van der Waals surface area (Å²) in [7, 11) is 0. The lowest BCUT2D eigenvalue weighted by atomic mass is 10.0. The maximum atomic E-state index is 12.2. The van der Waals surface area contributed by atoms with E-state index in [0.717, 1.165) is 24.5 Å². The molecule has 0 radical (unpaired) electrons. The molecular weight excluding hydrogens is 238 g/mol. The van der Waals surface area contributed by atoms with Gasteiger partial charge in [0.2, 0.25) is 0 Å². The van der Waals surface area contributed by atoms with Gasteiger partial charge in [-0.15, -0.1) is 0 Å². The van der Waals surface area contributed by atoms with Crippen molar-refractivity contribution in [3.05, 3.63) is 29.6 Å². The second kappa shape index (κ2) is 6.66. The lowest BCUT2D eigenvalue weighted by molar-refractivity contribution is 0.0933. The van der Waals surface area contributed by atoms with Crippen LogP contribution in [0, 0.1) is 5.92 Å². The maximum Gasteiger partial charge on any atom is 0.251 e. The Labute approximate surface area is 114 Å². The number of carbonyl (C=O) groups excluding carboxylic acids is 1. The van der Waals surface area contributed by atoms with Crippen molar-refractivity contribution in [3.63, 3.8) is 0 Å². The maximum absolute atomic E-state index is 12.2. The van der Waals surface area contributed by atoms with Gasteiger partial charge in [-0.2, -0.15) is 0 Å². The monoisotopic (exact) mass is 261 g/mol. The molecule has 0 saturated heterocycles. The Morgan fingerprint density at radius 3 is 3.05 bits per heavy atom. The van der Waals surface area contributed by atoms with E-state index >= 15 is 0 Å². The summed E-state index contributed by atoms with van der Waals surface area (Å²) in [6.07, 6.45) is 7.50. The first-order valence-corrected chi connectivity index (χ1v) is 7.15. The van der Waals surface area contributed by atoms with Gasteiger partial charge in [0.1, 0.15) is 0 Å². The summed E-state index contributed by atoms with van der Waals surface area (Å²) in [5.41, 5.74) is 6.96. The van der Waals surface area contributed by atoms with Gasteiger partial charge in [-0.3, -0.25) is 9.78 Å². The molecule has 0 spiro atoms. The van der Waals surface area contributed by atoms with Gasteiger partial charge in [-0.05, 0) is 37.3 Å². The standard InChI is InChI=1S/C15H23N3O/c1-11-3-2-4-13(6-5-11)18-15(19)12-7-8-17-14(9-12)10-16/h7-9,11,13H,2-6,10,16H2,1H3,(H,18,19). The highest BCUT2D eigenvalue weighted by molar-refractivity contribution is 5.94. The van der Waals surface area contributed by atoms with Crippen molar-refractivity contribution in [2.24, 2.45) is 11.7 Å². The van der Waals surface area contributed by atoms with Crippen molar-refractivity contribution in [1.82, 2.24) is 10.3 Å². The number of nitrogens with zero attached hydrogens (tertiary/aromatic N) is 1.